The normalized spacial score (nSPS) is 9.73. The highest BCUT2D eigenvalue weighted by atomic mass is 15.4. The summed E-state index contributed by atoms with van der Waals surface area (Å²) in [5.74, 6) is 0. The maximum Gasteiger partial charge on any atom is 0.101 e. The molecule has 2 aromatic rings. The molecule has 0 amide bonds. The first-order valence-corrected chi connectivity index (χ1v) is 3.10. The summed E-state index contributed by atoms with van der Waals surface area (Å²) in [6.07, 6.45) is 3.28. The van der Waals surface area contributed by atoms with E-state index < -0.39 is 0 Å². The van der Waals surface area contributed by atoms with E-state index in [4.69, 9.17) is 5.26 Å². The van der Waals surface area contributed by atoms with Crippen molar-refractivity contribution in [3.05, 3.63) is 30.1 Å². The summed E-state index contributed by atoms with van der Waals surface area (Å²) < 4.78 is 1.57. The van der Waals surface area contributed by atoms with Crippen molar-refractivity contribution in [1.82, 2.24) is 14.8 Å². The van der Waals surface area contributed by atoms with Crippen LogP contribution in [0.4, 0.5) is 0 Å². The molecule has 52 valence electrons. The predicted octanol–water partition coefficient (Wildman–Crippen LogP) is 0.601. The summed E-state index contributed by atoms with van der Waals surface area (Å²) in [4.78, 5) is 0. The number of fused-ring (bicyclic) bond motifs is 1. The number of nitrogens with zero attached hydrogens (tertiary/aromatic N) is 4. The molecular formula is C7H4N4. The second kappa shape index (κ2) is 2.06. The van der Waals surface area contributed by atoms with Gasteiger partial charge in [0.1, 0.15) is 6.07 Å². The molecule has 2 aromatic heterocycles. The summed E-state index contributed by atoms with van der Waals surface area (Å²) >= 11 is 0. The predicted molar refractivity (Wildman–Crippen MR) is 37.7 cm³/mol. The van der Waals surface area contributed by atoms with Gasteiger partial charge in [-0.15, -0.1) is 5.10 Å². The van der Waals surface area contributed by atoms with Gasteiger partial charge in [0.25, 0.3) is 0 Å². The topological polar surface area (TPSA) is 54.0 Å². The maximum absolute atomic E-state index is 8.52. The molecule has 0 radical (unpaired) electrons. The molecule has 0 aromatic carbocycles. The molecule has 4 heteroatoms. The zero-order chi connectivity index (χ0) is 7.68. The minimum absolute atomic E-state index is 0.586. The monoisotopic (exact) mass is 144 g/mol. The van der Waals surface area contributed by atoms with Crippen LogP contribution in [0.2, 0.25) is 0 Å². The molecule has 0 fully saturated rings. The molecule has 0 saturated carbocycles. The molecule has 0 bridgehead atoms. The van der Waals surface area contributed by atoms with Crippen LogP contribution in [0.25, 0.3) is 5.52 Å². The SMILES string of the molecule is N#Cc1ccc2cnnn2c1. The van der Waals surface area contributed by atoms with E-state index in [0.717, 1.165) is 5.52 Å². The zero-order valence-electron chi connectivity index (χ0n) is 5.60. The minimum atomic E-state index is 0.586. The highest BCUT2D eigenvalue weighted by molar-refractivity contribution is 5.45. The van der Waals surface area contributed by atoms with Crippen LogP contribution in [0.5, 0.6) is 0 Å². The van der Waals surface area contributed by atoms with E-state index in [2.05, 4.69) is 10.3 Å². The third-order valence-corrected chi connectivity index (χ3v) is 1.43. The lowest BCUT2D eigenvalue weighted by molar-refractivity contribution is 0.853. The Hall–Kier alpha value is -1.89. The molecular weight excluding hydrogens is 140 g/mol. The van der Waals surface area contributed by atoms with E-state index in [-0.39, 0.29) is 0 Å². The van der Waals surface area contributed by atoms with Crippen LogP contribution >= 0.6 is 0 Å². The van der Waals surface area contributed by atoms with Gasteiger partial charge in [0, 0.05) is 6.20 Å². The van der Waals surface area contributed by atoms with Crippen molar-refractivity contribution in [3.63, 3.8) is 0 Å². The Morgan fingerprint density at radius 2 is 2.36 bits per heavy atom. The quantitative estimate of drug-likeness (QED) is 0.544. The number of hydrogen-bond donors (Lipinski definition) is 0. The van der Waals surface area contributed by atoms with E-state index in [9.17, 15) is 0 Å². The summed E-state index contributed by atoms with van der Waals surface area (Å²) in [6, 6.07) is 5.56. The average Bonchev–Trinajstić information content (AvgIpc) is 2.50. The number of pyridine rings is 1. The molecule has 0 N–H and O–H groups in total. The third-order valence-electron chi connectivity index (χ3n) is 1.43. The minimum Gasteiger partial charge on any atom is -0.219 e. The van der Waals surface area contributed by atoms with Crippen LogP contribution in [0.15, 0.2) is 24.5 Å². The van der Waals surface area contributed by atoms with E-state index in [1.807, 2.05) is 6.07 Å². The number of nitriles is 1. The lowest BCUT2D eigenvalue weighted by atomic mass is 10.3. The van der Waals surface area contributed by atoms with Gasteiger partial charge in [0.2, 0.25) is 0 Å². The number of rotatable bonds is 0. The Morgan fingerprint density at radius 1 is 1.45 bits per heavy atom. The van der Waals surface area contributed by atoms with Crippen molar-refractivity contribution >= 4 is 5.52 Å². The van der Waals surface area contributed by atoms with E-state index in [0.29, 0.717) is 5.56 Å². The van der Waals surface area contributed by atoms with Gasteiger partial charge in [-0.2, -0.15) is 5.26 Å². The first-order chi connectivity index (χ1) is 5.40. The Bertz CT molecular complexity index is 423. The molecule has 0 aliphatic rings. The van der Waals surface area contributed by atoms with Crippen LogP contribution in [0.1, 0.15) is 5.56 Å². The molecule has 11 heavy (non-hydrogen) atoms. The standard InChI is InChI=1S/C7H4N4/c8-3-6-1-2-7-4-9-10-11(7)5-6/h1-2,4-5H. The van der Waals surface area contributed by atoms with Gasteiger partial charge in [0.05, 0.1) is 17.3 Å². The molecule has 0 atom stereocenters. The van der Waals surface area contributed by atoms with Crippen LogP contribution in [-0.2, 0) is 0 Å². The third kappa shape index (κ3) is 0.829. The first kappa shape index (κ1) is 5.86. The van der Waals surface area contributed by atoms with Gasteiger partial charge in [-0.25, -0.2) is 4.52 Å². The zero-order valence-corrected chi connectivity index (χ0v) is 5.60. The van der Waals surface area contributed by atoms with E-state index in [1.54, 1.807) is 29.0 Å². The van der Waals surface area contributed by atoms with Crippen molar-refractivity contribution in [2.24, 2.45) is 0 Å². The number of hydrogen-bond acceptors (Lipinski definition) is 3. The fraction of sp³-hybridized carbons (Fsp3) is 0. The van der Waals surface area contributed by atoms with Gasteiger partial charge in [-0.05, 0) is 12.1 Å². The molecule has 0 spiro atoms. The molecule has 0 aliphatic heterocycles. The van der Waals surface area contributed by atoms with Crippen molar-refractivity contribution in [3.8, 4) is 6.07 Å². The fourth-order valence-electron chi connectivity index (χ4n) is 0.887. The number of aromatic nitrogens is 3. The Labute approximate surface area is 62.7 Å². The van der Waals surface area contributed by atoms with Crippen molar-refractivity contribution < 1.29 is 0 Å². The van der Waals surface area contributed by atoms with Crippen LogP contribution in [-0.4, -0.2) is 14.8 Å². The summed E-state index contributed by atoms with van der Waals surface area (Å²) in [6.45, 7) is 0. The molecule has 2 heterocycles. The first-order valence-electron chi connectivity index (χ1n) is 3.10. The lowest BCUT2D eigenvalue weighted by Gasteiger charge is -1.89. The fourth-order valence-corrected chi connectivity index (χ4v) is 0.887. The lowest BCUT2D eigenvalue weighted by Crippen LogP contribution is -1.87. The van der Waals surface area contributed by atoms with Crippen LogP contribution in [0, 0.1) is 11.3 Å². The second-order valence-electron chi connectivity index (χ2n) is 2.13. The van der Waals surface area contributed by atoms with Gasteiger partial charge in [-0.3, -0.25) is 0 Å². The highest BCUT2D eigenvalue weighted by Crippen LogP contribution is 2.01. The second-order valence-corrected chi connectivity index (χ2v) is 2.13. The van der Waals surface area contributed by atoms with Gasteiger partial charge < -0.3 is 0 Å². The van der Waals surface area contributed by atoms with Gasteiger partial charge in [-0.1, -0.05) is 5.21 Å². The van der Waals surface area contributed by atoms with Gasteiger partial charge in [0.15, 0.2) is 0 Å². The van der Waals surface area contributed by atoms with Crippen molar-refractivity contribution in [2.45, 2.75) is 0 Å². The largest absolute Gasteiger partial charge is 0.219 e. The molecule has 0 aliphatic carbocycles. The molecule has 0 saturated heterocycles. The van der Waals surface area contributed by atoms with Gasteiger partial charge >= 0.3 is 0 Å². The van der Waals surface area contributed by atoms with Crippen molar-refractivity contribution in [1.29, 1.82) is 5.26 Å². The molecule has 2 rings (SSSR count). The highest BCUT2D eigenvalue weighted by Gasteiger charge is 1.94. The summed E-state index contributed by atoms with van der Waals surface area (Å²) in [5.41, 5.74) is 1.48. The van der Waals surface area contributed by atoms with E-state index in [1.165, 1.54) is 0 Å². The summed E-state index contributed by atoms with van der Waals surface area (Å²) in [7, 11) is 0. The van der Waals surface area contributed by atoms with Crippen LogP contribution in [0.3, 0.4) is 0 Å². The average molecular weight is 144 g/mol. The maximum atomic E-state index is 8.52. The van der Waals surface area contributed by atoms with Crippen molar-refractivity contribution in [2.75, 3.05) is 0 Å². The summed E-state index contributed by atoms with van der Waals surface area (Å²) in [5, 5.41) is 15.9. The van der Waals surface area contributed by atoms with Crippen LogP contribution < -0.4 is 0 Å². The smallest absolute Gasteiger partial charge is 0.101 e. The molecule has 0 unspecified atom stereocenters. The molecule has 4 nitrogen and oxygen atoms in total. The Morgan fingerprint density at radius 3 is 3.18 bits per heavy atom. The van der Waals surface area contributed by atoms with E-state index >= 15 is 0 Å². The Balaban J connectivity index is 2.79. The Kier molecular flexibility index (Phi) is 1.10.